The van der Waals surface area contributed by atoms with E-state index >= 15 is 0 Å². The summed E-state index contributed by atoms with van der Waals surface area (Å²) >= 11 is 0. The monoisotopic (exact) mass is 281 g/mol. The van der Waals surface area contributed by atoms with Gasteiger partial charge in [-0.05, 0) is 23.3 Å². The molecule has 2 N–H and O–H groups in total. The minimum Gasteiger partial charge on any atom is -0.491 e. The van der Waals surface area contributed by atoms with E-state index in [1.54, 1.807) is 0 Å². The summed E-state index contributed by atoms with van der Waals surface area (Å²) in [6.45, 7) is 1.11. The zero-order valence-electron chi connectivity index (χ0n) is 11.8. The second kappa shape index (κ2) is 8.11. The Kier molecular flexibility index (Phi) is 5.83. The molecule has 0 aliphatic heterocycles. The molecule has 0 spiro atoms. The maximum atomic E-state index is 9.71. The normalized spacial score (nSPS) is 11.6. The van der Waals surface area contributed by atoms with Crippen LogP contribution in [-0.4, -0.2) is 30.9 Å². The Morgan fingerprint density at radius 1 is 1.05 bits per heavy atom. The Labute approximate surface area is 125 Å². The molecule has 0 amide bonds. The van der Waals surface area contributed by atoms with Crippen molar-refractivity contribution in [2.45, 2.75) is 6.10 Å². The van der Waals surface area contributed by atoms with Crippen LogP contribution in [0.25, 0.3) is 11.1 Å². The van der Waals surface area contributed by atoms with E-state index in [1.807, 2.05) is 42.5 Å². The molecule has 3 nitrogen and oxygen atoms in total. The zero-order chi connectivity index (χ0) is 14.9. The van der Waals surface area contributed by atoms with Gasteiger partial charge >= 0.3 is 0 Å². The number of ether oxygens (including phenoxy) is 1. The van der Waals surface area contributed by atoms with Crippen molar-refractivity contribution >= 4 is 0 Å². The molecule has 0 saturated heterocycles. The van der Waals surface area contributed by atoms with Crippen molar-refractivity contribution in [3.8, 4) is 29.2 Å². The molecule has 0 aromatic heterocycles. The maximum absolute atomic E-state index is 9.71. The first-order valence-electron chi connectivity index (χ1n) is 6.90. The fourth-order valence-electron chi connectivity index (χ4n) is 1.94. The summed E-state index contributed by atoms with van der Waals surface area (Å²) in [5.74, 6) is 3.20. The van der Waals surface area contributed by atoms with Gasteiger partial charge in [0.25, 0.3) is 0 Å². The second-order valence-corrected chi connectivity index (χ2v) is 4.69. The number of terminal acetylenes is 1. The molecule has 3 heteroatoms. The van der Waals surface area contributed by atoms with Crippen LogP contribution in [0, 0.1) is 12.3 Å². The third-order valence-electron chi connectivity index (χ3n) is 3.01. The van der Waals surface area contributed by atoms with Crippen LogP contribution in [0.15, 0.2) is 54.6 Å². The quantitative estimate of drug-likeness (QED) is 0.604. The summed E-state index contributed by atoms with van der Waals surface area (Å²) in [7, 11) is 0. The van der Waals surface area contributed by atoms with Crippen molar-refractivity contribution in [2.24, 2.45) is 0 Å². The molecule has 108 valence electrons. The molecule has 0 unspecified atom stereocenters. The molecule has 2 aromatic carbocycles. The first-order valence-corrected chi connectivity index (χ1v) is 6.90. The van der Waals surface area contributed by atoms with Crippen molar-refractivity contribution in [3.05, 3.63) is 54.6 Å². The van der Waals surface area contributed by atoms with Crippen LogP contribution >= 0.6 is 0 Å². The van der Waals surface area contributed by atoms with Gasteiger partial charge in [-0.2, -0.15) is 0 Å². The Balaban J connectivity index is 1.84. The molecule has 0 bridgehead atoms. The smallest absolute Gasteiger partial charge is 0.119 e. The lowest BCUT2D eigenvalue weighted by Gasteiger charge is -2.12. The number of aliphatic hydroxyl groups excluding tert-OH is 1. The fourth-order valence-corrected chi connectivity index (χ4v) is 1.94. The van der Waals surface area contributed by atoms with Crippen LogP contribution in [0.5, 0.6) is 5.75 Å². The number of rotatable bonds is 7. The van der Waals surface area contributed by atoms with Crippen LogP contribution in [0.2, 0.25) is 0 Å². The van der Waals surface area contributed by atoms with Gasteiger partial charge in [0.1, 0.15) is 18.5 Å². The lowest BCUT2D eigenvalue weighted by molar-refractivity contribution is 0.107. The van der Waals surface area contributed by atoms with Crippen LogP contribution in [-0.2, 0) is 0 Å². The van der Waals surface area contributed by atoms with Gasteiger partial charge in [0.05, 0.1) is 6.54 Å². The van der Waals surface area contributed by atoms with E-state index in [1.165, 1.54) is 5.56 Å². The van der Waals surface area contributed by atoms with Gasteiger partial charge in [-0.1, -0.05) is 48.4 Å². The van der Waals surface area contributed by atoms with Crippen molar-refractivity contribution in [1.82, 2.24) is 5.32 Å². The fraction of sp³-hybridized carbons (Fsp3) is 0.222. The van der Waals surface area contributed by atoms with E-state index in [4.69, 9.17) is 11.2 Å². The number of nitrogens with one attached hydrogen (secondary N) is 1. The van der Waals surface area contributed by atoms with Crippen molar-refractivity contribution in [1.29, 1.82) is 0 Å². The van der Waals surface area contributed by atoms with Crippen LogP contribution in [0.3, 0.4) is 0 Å². The van der Waals surface area contributed by atoms with Crippen molar-refractivity contribution in [3.63, 3.8) is 0 Å². The summed E-state index contributed by atoms with van der Waals surface area (Å²) in [5.41, 5.74) is 2.31. The Morgan fingerprint density at radius 2 is 1.71 bits per heavy atom. The lowest BCUT2D eigenvalue weighted by Crippen LogP contribution is -2.31. The molecule has 0 aliphatic carbocycles. The third kappa shape index (κ3) is 4.96. The summed E-state index contributed by atoms with van der Waals surface area (Å²) < 4.78 is 5.55. The van der Waals surface area contributed by atoms with Gasteiger partial charge in [-0.15, -0.1) is 6.42 Å². The molecule has 2 aromatic rings. The molecular formula is C18H19NO2. The van der Waals surface area contributed by atoms with Crippen LogP contribution in [0.1, 0.15) is 0 Å². The highest BCUT2D eigenvalue weighted by atomic mass is 16.5. The second-order valence-electron chi connectivity index (χ2n) is 4.69. The van der Waals surface area contributed by atoms with E-state index in [0.29, 0.717) is 13.1 Å². The lowest BCUT2D eigenvalue weighted by atomic mass is 10.1. The van der Waals surface area contributed by atoms with Crippen LogP contribution in [0.4, 0.5) is 0 Å². The summed E-state index contributed by atoms with van der Waals surface area (Å²) in [6.07, 6.45) is 4.54. The number of hydrogen-bond donors (Lipinski definition) is 2. The molecule has 0 radical (unpaired) electrons. The molecule has 0 heterocycles. The van der Waals surface area contributed by atoms with Gasteiger partial charge in [0.2, 0.25) is 0 Å². The zero-order valence-corrected chi connectivity index (χ0v) is 11.8. The van der Waals surface area contributed by atoms with E-state index in [2.05, 4.69) is 23.4 Å². The van der Waals surface area contributed by atoms with Gasteiger partial charge in [0.15, 0.2) is 0 Å². The largest absolute Gasteiger partial charge is 0.491 e. The van der Waals surface area contributed by atoms with E-state index < -0.39 is 6.10 Å². The first-order chi connectivity index (χ1) is 10.3. The number of hydrogen-bond acceptors (Lipinski definition) is 3. The Hall–Kier alpha value is -2.28. The van der Waals surface area contributed by atoms with E-state index in [-0.39, 0.29) is 6.61 Å². The summed E-state index contributed by atoms with van der Waals surface area (Å²) in [4.78, 5) is 0. The number of benzene rings is 2. The van der Waals surface area contributed by atoms with Gasteiger partial charge in [-0.3, -0.25) is 0 Å². The highest BCUT2D eigenvalue weighted by molar-refractivity contribution is 5.63. The Bertz CT molecular complexity index is 572. The molecule has 1 atom stereocenters. The van der Waals surface area contributed by atoms with Crippen molar-refractivity contribution in [2.75, 3.05) is 19.7 Å². The van der Waals surface area contributed by atoms with E-state index in [0.717, 1.165) is 11.3 Å². The molecular weight excluding hydrogens is 262 g/mol. The predicted molar refractivity (Wildman–Crippen MR) is 85.1 cm³/mol. The molecule has 0 aliphatic rings. The van der Waals surface area contributed by atoms with Gasteiger partial charge in [0, 0.05) is 6.54 Å². The van der Waals surface area contributed by atoms with Crippen LogP contribution < -0.4 is 10.1 Å². The van der Waals surface area contributed by atoms with Crippen molar-refractivity contribution < 1.29 is 9.84 Å². The molecule has 21 heavy (non-hydrogen) atoms. The summed E-state index contributed by atoms with van der Waals surface area (Å²) in [5, 5.41) is 12.6. The summed E-state index contributed by atoms with van der Waals surface area (Å²) in [6, 6.07) is 18.0. The molecule has 0 saturated carbocycles. The predicted octanol–water partition coefficient (Wildman–Crippen LogP) is 2.32. The number of aliphatic hydroxyl groups is 1. The topological polar surface area (TPSA) is 41.5 Å². The Morgan fingerprint density at radius 3 is 2.38 bits per heavy atom. The van der Waals surface area contributed by atoms with Gasteiger partial charge in [-0.25, -0.2) is 0 Å². The highest BCUT2D eigenvalue weighted by Gasteiger charge is 2.04. The first kappa shape index (κ1) is 15.1. The molecule has 0 fully saturated rings. The maximum Gasteiger partial charge on any atom is 0.119 e. The standard InChI is InChI=1S/C18H19NO2/c1-2-12-19-13-17(20)14-21-18-10-8-16(9-11-18)15-6-4-3-5-7-15/h1,3-11,17,19-20H,12-14H2/t17-/m0/s1. The average Bonchev–Trinajstić information content (AvgIpc) is 2.54. The average molecular weight is 281 g/mol. The minimum absolute atomic E-state index is 0.238. The minimum atomic E-state index is -0.577. The third-order valence-corrected chi connectivity index (χ3v) is 3.01. The molecule has 2 rings (SSSR count). The van der Waals surface area contributed by atoms with E-state index in [9.17, 15) is 5.11 Å². The van der Waals surface area contributed by atoms with Gasteiger partial charge < -0.3 is 15.2 Å². The highest BCUT2D eigenvalue weighted by Crippen LogP contribution is 2.22. The SMILES string of the molecule is C#CCNC[C@H](O)COc1ccc(-c2ccccc2)cc1.